The number of anilines is 2. The Morgan fingerprint density at radius 1 is 0.412 bits per heavy atom. The van der Waals surface area contributed by atoms with E-state index in [2.05, 4.69) is 147 Å². The van der Waals surface area contributed by atoms with Crippen LogP contribution in [0.2, 0.25) is 0 Å². The Kier molecular flexibility index (Phi) is 10.1. The van der Waals surface area contributed by atoms with Gasteiger partial charge in [-0.3, -0.25) is 0 Å². The number of hydrogen-bond acceptors (Lipinski definition) is 6. The highest BCUT2D eigenvalue weighted by molar-refractivity contribution is 7.86. The summed E-state index contributed by atoms with van der Waals surface area (Å²) in [5.41, 5.74) is 6.42. The molecule has 4 aliphatic heterocycles. The summed E-state index contributed by atoms with van der Waals surface area (Å²) in [5.74, 6) is 0. The number of hydrogen-bond donors (Lipinski definition) is 0. The average Bonchev–Trinajstić information content (AvgIpc) is 3.38. The zero-order valence-corrected chi connectivity index (χ0v) is 41.8. The first-order valence-electron chi connectivity index (χ1n) is 25.7. The summed E-state index contributed by atoms with van der Waals surface area (Å²) >= 11 is 0. The van der Waals surface area contributed by atoms with Crippen LogP contribution in [0.15, 0.2) is 146 Å². The number of nitrogens with zero attached hydrogens (tertiary/aromatic N) is 2. The van der Waals surface area contributed by atoms with E-state index in [0.717, 1.165) is 81.5 Å². The Morgan fingerprint density at radius 2 is 0.779 bits per heavy atom. The molecule has 6 aromatic carbocycles. The van der Waals surface area contributed by atoms with E-state index in [0.29, 0.717) is 0 Å². The topological polar surface area (TPSA) is 59.1 Å². The van der Waals surface area contributed by atoms with Gasteiger partial charge < -0.3 is 28.4 Å². The molecule has 7 aliphatic rings. The van der Waals surface area contributed by atoms with E-state index in [1.54, 1.807) is 0 Å². The Labute approximate surface area is 403 Å². The van der Waals surface area contributed by atoms with E-state index in [4.69, 9.17) is 9.47 Å². The maximum absolute atomic E-state index is 15.9. The summed E-state index contributed by atoms with van der Waals surface area (Å²) in [5, 5.41) is 5.66. The molecule has 6 nitrogen and oxygen atoms in total. The van der Waals surface area contributed by atoms with Crippen molar-refractivity contribution >= 4 is 57.5 Å². The molecule has 6 aromatic rings. The van der Waals surface area contributed by atoms with E-state index in [-0.39, 0.29) is 59.4 Å². The molecule has 10 unspecified atom stereocenters. The maximum Gasteiger partial charge on any atom is 0.171 e. The normalized spacial score (nSPS) is 32.7. The minimum absolute atomic E-state index is 0.0290. The molecule has 3 saturated carbocycles. The quantitative estimate of drug-likeness (QED) is 0.164. The van der Waals surface area contributed by atoms with Gasteiger partial charge in [0.25, 0.3) is 0 Å². The van der Waals surface area contributed by atoms with Gasteiger partial charge in [-0.2, -0.15) is 0 Å². The Hall–Kier alpha value is -4.70. The van der Waals surface area contributed by atoms with Crippen LogP contribution in [-0.2, 0) is 29.4 Å². The van der Waals surface area contributed by atoms with Crippen LogP contribution in [0.5, 0.6) is 0 Å². The fraction of sp³-hybridized carbons (Fsp3) is 0.400. The number of fused-ring (bicyclic) bond motifs is 8. The van der Waals surface area contributed by atoms with Gasteiger partial charge in [0, 0.05) is 54.0 Å². The minimum Gasteiger partial charge on any atom is -0.371 e. The van der Waals surface area contributed by atoms with Gasteiger partial charge >= 0.3 is 0 Å². The molecule has 0 aromatic heterocycles. The SMILES string of the molecule is CC1(C)c2ccccc2P(=O)(c2ccccc2)c2ccc(N3C4CCCCC4OC4CC5C(CC43)OC3CCCCC3N5c3ccc4c(c3)C(C)(C)c3ccccc3P4(=O)c3ccccc3)cc21. The fourth-order valence-corrected chi connectivity index (χ4v) is 21.4. The highest BCUT2D eigenvalue weighted by Gasteiger charge is 2.56. The highest BCUT2D eigenvalue weighted by Crippen LogP contribution is 2.56. The van der Waals surface area contributed by atoms with E-state index in [9.17, 15) is 0 Å². The average molecular weight is 939 g/mol. The van der Waals surface area contributed by atoms with Crippen molar-refractivity contribution in [1.29, 1.82) is 0 Å². The number of rotatable bonds is 4. The van der Waals surface area contributed by atoms with Gasteiger partial charge in [0.15, 0.2) is 14.3 Å². The lowest BCUT2D eigenvalue weighted by atomic mass is 9.75. The van der Waals surface area contributed by atoms with Crippen LogP contribution < -0.4 is 41.6 Å². The monoisotopic (exact) mass is 938 g/mol. The second kappa shape index (κ2) is 15.9. The van der Waals surface area contributed by atoms with E-state index < -0.39 is 14.3 Å². The molecule has 68 heavy (non-hydrogen) atoms. The molecule has 0 bridgehead atoms. The molecule has 10 atom stereocenters. The largest absolute Gasteiger partial charge is 0.371 e. The molecule has 0 N–H and O–H groups in total. The van der Waals surface area contributed by atoms with Gasteiger partial charge in [0.2, 0.25) is 0 Å². The van der Waals surface area contributed by atoms with Crippen molar-refractivity contribution < 1.29 is 18.6 Å². The predicted octanol–water partition coefficient (Wildman–Crippen LogP) is 10.5. The maximum atomic E-state index is 15.9. The molecule has 4 heterocycles. The molecule has 0 amide bonds. The molecule has 348 valence electrons. The lowest BCUT2D eigenvalue weighted by Crippen LogP contribution is -2.71. The second-order valence-electron chi connectivity index (χ2n) is 22.1. The molecule has 8 heteroatoms. The zero-order valence-electron chi connectivity index (χ0n) is 40.0. The number of ether oxygens (including phenoxy) is 2. The van der Waals surface area contributed by atoms with Gasteiger partial charge in [-0.05, 0) is 97.2 Å². The van der Waals surface area contributed by atoms with Crippen LogP contribution in [0.1, 0.15) is 114 Å². The standard InChI is InChI=1S/C60H64N2O4P2/c1-59(2)43-23-11-17-29-55(43)67(63,41-19-7-5-8-20-41)57-33-31-39(35-45(57)59)61-47-25-13-15-27-51(47)65-53-38-50-54(37-49(53)61)66-52-28-16-14-26-48(52)62(50)40-32-34-58-46(36-40)60(3,4)44-24-12-18-30-56(44)68(58,64)42-21-9-6-10-22-42/h5-12,17-24,29-36,47-54H,13-16,25-28,37-38H2,1-4H3. The van der Waals surface area contributed by atoms with Crippen molar-refractivity contribution in [2.75, 3.05) is 9.80 Å². The van der Waals surface area contributed by atoms with Crippen LogP contribution in [0.4, 0.5) is 11.4 Å². The number of morpholine rings is 2. The second-order valence-corrected chi connectivity index (χ2v) is 27.5. The highest BCUT2D eigenvalue weighted by atomic mass is 31.2. The van der Waals surface area contributed by atoms with Crippen molar-refractivity contribution in [3.05, 3.63) is 168 Å². The summed E-state index contributed by atoms with van der Waals surface area (Å²) in [7, 11) is -6.31. The fourth-order valence-electron chi connectivity index (χ4n) is 14.6. The summed E-state index contributed by atoms with van der Waals surface area (Å²) < 4.78 is 46.7. The lowest BCUT2D eigenvalue weighted by molar-refractivity contribution is -0.154. The Balaban J connectivity index is 0.908. The summed E-state index contributed by atoms with van der Waals surface area (Å²) in [6.45, 7) is 9.30. The van der Waals surface area contributed by atoms with Gasteiger partial charge in [0.05, 0.1) is 48.6 Å². The first-order chi connectivity index (χ1) is 33.0. The molecule has 2 saturated heterocycles. The van der Waals surface area contributed by atoms with Crippen LogP contribution in [0.3, 0.4) is 0 Å². The first-order valence-corrected chi connectivity index (χ1v) is 29.1. The van der Waals surface area contributed by atoms with Crippen molar-refractivity contribution in [3.8, 4) is 0 Å². The minimum atomic E-state index is -3.15. The van der Waals surface area contributed by atoms with Crippen LogP contribution in [0, 0.1) is 0 Å². The van der Waals surface area contributed by atoms with E-state index in [1.807, 2.05) is 36.4 Å². The zero-order chi connectivity index (χ0) is 46.2. The number of benzene rings is 6. The van der Waals surface area contributed by atoms with Gasteiger partial charge in [-0.1, -0.05) is 163 Å². The summed E-state index contributed by atoms with van der Waals surface area (Å²) in [6, 6.07) is 52.1. The smallest absolute Gasteiger partial charge is 0.171 e. The first kappa shape index (κ1) is 43.3. The lowest BCUT2D eigenvalue weighted by Gasteiger charge is -2.61. The van der Waals surface area contributed by atoms with Crippen LogP contribution in [0.25, 0.3) is 0 Å². The van der Waals surface area contributed by atoms with Gasteiger partial charge in [-0.25, -0.2) is 0 Å². The third-order valence-electron chi connectivity index (χ3n) is 17.9. The molecule has 13 rings (SSSR count). The van der Waals surface area contributed by atoms with Crippen molar-refractivity contribution in [1.82, 2.24) is 0 Å². The predicted molar refractivity (Wildman–Crippen MR) is 280 cm³/mol. The van der Waals surface area contributed by atoms with Gasteiger partial charge in [0.1, 0.15) is 0 Å². The molecule has 0 radical (unpaired) electrons. The van der Waals surface area contributed by atoms with Crippen LogP contribution in [-0.4, -0.2) is 48.6 Å². The third-order valence-corrected chi connectivity index (χ3v) is 24.2. The van der Waals surface area contributed by atoms with E-state index in [1.165, 1.54) is 48.2 Å². The summed E-state index contributed by atoms with van der Waals surface area (Å²) in [6.07, 6.45) is 11.2. The summed E-state index contributed by atoms with van der Waals surface area (Å²) in [4.78, 5) is 5.58. The molecule has 5 fully saturated rings. The van der Waals surface area contributed by atoms with Crippen LogP contribution >= 0.6 is 14.3 Å². The van der Waals surface area contributed by atoms with Crippen molar-refractivity contribution in [2.45, 2.75) is 151 Å². The van der Waals surface area contributed by atoms with E-state index >= 15 is 9.13 Å². The molecule has 0 spiro atoms. The third kappa shape index (κ3) is 6.22. The molecule has 3 aliphatic carbocycles. The van der Waals surface area contributed by atoms with Gasteiger partial charge in [-0.15, -0.1) is 0 Å². The van der Waals surface area contributed by atoms with Crippen molar-refractivity contribution in [2.24, 2.45) is 0 Å². The van der Waals surface area contributed by atoms with Crippen molar-refractivity contribution in [3.63, 3.8) is 0 Å². The molecular weight excluding hydrogens is 875 g/mol. The Bertz CT molecular complexity index is 2840. The molecular formula is C60H64N2O4P2. The Morgan fingerprint density at radius 3 is 1.21 bits per heavy atom.